The molecule has 2 aromatic heterocycles. The van der Waals surface area contributed by atoms with E-state index in [0.29, 0.717) is 24.0 Å². The van der Waals surface area contributed by atoms with Crippen LogP contribution in [0.1, 0.15) is 52.7 Å². The molecule has 0 amide bonds. The molecule has 43 heavy (non-hydrogen) atoms. The maximum absolute atomic E-state index is 14.9. The van der Waals surface area contributed by atoms with E-state index in [1.54, 1.807) is 25.4 Å². The first-order valence-electron chi connectivity index (χ1n) is 14.8. The minimum Gasteiger partial charge on any atom is -0.497 e. The van der Waals surface area contributed by atoms with Gasteiger partial charge in [0.05, 0.1) is 24.6 Å². The van der Waals surface area contributed by atoms with Crippen LogP contribution in [0.25, 0.3) is 20.7 Å². The Morgan fingerprint density at radius 2 is 1.67 bits per heavy atom. The van der Waals surface area contributed by atoms with Crippen molar-refractivity contribution in [1.82, 2.24) is 9.47 Å². The third-order valence-corrected chi connectivity index (χ3v) is 9.69. The van der Waals surface area contributed by atoms with Gasteiger partial charge >= 0.3 is 0 Å². The van der Waals surface area contributed by atoms with E-state index in [1.807, 2.05) is 60.1 Å². The van der Waals surface area contributed by atoms with Crippen LogP contribution in [-0.4, -0.2) is 29.4 Å². The Kier molecular flexibility index (Phi) is 8.54. The van der Waals surface area contributed by atoms with Gasteiger partial charge in [-0.15, -0.1) is 11.3 Å². The van der Waals surface area contributed by atoms with Crippen molar-refractivity contribution in [3.8, 4) is 16.2 Å². The predicted molar refractivity (Wildman–Crippen MR) is 171 cm³/mol. The van der Waals surface area contributed by atoms with Crippen LogP contribution in [0, 0.1) is 11.7 Å². The van der Waals surface area contributed by atoms with Gasteiger partial charge in [0.25, 0.3) is 0 Å². The van der Waals surface area contributed by atoms with Crippen LogP contribution in [0.15, 0.2) is 89.9 Å². The maximum Gasteiger partial charge on any atom is 0.201 e. The molecule has 0 unspecified atom stereocenters. The van der Waals surface area contributed by atoms with E-state index >= 15 is 0 Å². The van der Waals surface area contributed by atoms with Crippen molar-refractivity contribution in [2.75, 3.05) is 14.2 Å². The number of thiophene rings is 1. The molecule has 0 radical (unpaired) electrons. The van der Waals surface area contributed by atoms with E-state index in [-0.39, 0.29) is 35.1 Å². The van der Waals surface area contributed by atoms with E-state index < -0.39 is 0 Å². The molecule has 1 aliphatic carbocycles. The standard InChI is InChI=1S/C36H35FN2O3S/c1-38(20-24-10-4-3-5-11-24)22-29-32-34(41)30(33(40)25-12-6-7-13-25)23-39(21-27-14-8-9-15-31(27)37)36(32)43-35(29)26-16-18-28(42-2)19-17-26/h3-5,8-11,14-19,23,25H,6-7,12-13,20-22H2,1-2H3. The highest BCUT2D eigenvalue weighted by Gasteiger charge is 2.29. The number of methoxy groups -OCH3 is 1. The normalized spacial score (nSPS) is 13.7. The summed E-state index contributed by atoms with van der Waals surface area (Å²) in [4.78, 5) is 32.1. The van der Waals surface area contributed by atoms with Gasteiger partial charge in [0.1, 0.15) is 16.4 Å². The maximum atomic E-state index is 14.9. The number of hydrogen-bond acceptors (Lipinski definition) is 5. The molecule has 2 heterocycles. The summed E-state index contributed by atoms with van der Waals surface area (Å²) in [5, 5.41) is 0.552. The molecule has 7 heteroatoms. The highest BCUT2D eigenvalue weighted by Crippen LogP contribution is 2.40. The number of carbonyl (C=O) groups excluding carboxylic acids is 1. The highest BCUT2D eigenvalue weighted by molar-refractivity contribution is 7.22. The SMILES string of the molecule is COc1ccc(-c2sc3c(c2CN(C)Cc2ccccc2)c(=O)c(C(=O)C2CCCC2)cn3Cc2ccccc2F)cc1. The smallest absolute Gasteiger partial charge is 0.201 e. The fraction of sp³-hybridized carbons (Fsp3) is 0.278. The summed E-state index contributed by atoms with van der Waals surface area (Å²) in [5.74, 6) is 0.201. The summed E-state index contributed by atoms with van der Waals surface area (Å²) in [6, 6.07) is 24.7. The van der Waals surface area contributed by atoms with Gasteiger partial charge in [-0.05, 0) is 66.9 Å². The van der Waals surface area contributed by atoms with E-state index in [9.17, 15) is 14.0 Å². The average Bonchev–Trinajstić information content (AvgIpc) is 3.69. The van der Waals surface area contributed by atoms with Gasteiger partial charge in [-0.3, -0.25) is 14.5 Å². The fourth-order valence-corrected chi connectivity index (χ4v) is 7.44. The van der Waals surface area contributed by atoms with Crippen LogP contribution in [0.4, 0.5) is 4.39 Å². The van der Waals surface area contributed by atoms with Gasteiger partial charge in [-0.1, -0.05) is 61.4 Å². The molecule has 0 saturated heterocycles. The molecule has 3 aromatic carbocycles. The van der Waals surface area contributed by atoms with Gasteiger partial charge in [-0.25, -0.2) is 4.39 Å². The minimum atomic E-state index is -0.312. The molecule has 0 spiro atoms. The quantitative estimate of drug-likeness (QED) is 0.154. The summed E-state index contributed by atoms with van der Waals surface area (Å²) >= 11 is 1.52. The zero-order valence-corrected chi connectivity index (χ0v) is 25.3. The first-order valence-corrected chi connectivity index (χ1v) is 15.6. The van der Waals surface area contributed by atoms with E-state index in [2.05, 4.69) is 17.0 Å². The molecule has 5 aromatic rings. The number of fused-ring (bicyclic) bond motifs is 1. The van der Waals surface area contributed by atoms with Crippen molar-refractivity contribution in [1.29, 1.82) is 0 Å². The van der Waals surface area contributed by atoms with Crippen LogP contribution in [0.3, 0.4) is 0 Å². The molecule has 6 rings (SSSR count). The number of ketones is 1. The fourth-order valence-electron chi connectivity index (χ4n) is 6.15. The number of ether oxygens (including phenoxy) is 1. The topological polar surface area (TPSA) is 51.5 Å². The number of benzene rings is 3. The Morgan fingerprint density at radius 1 is 0.977 bits per heavy atom. The largest absolute Gasteiger partial charge is 0.497 e. The van der Waals surface area contributed by atoms with E-state index in [4.69, 9.17) is 4.74 Å². The Bertz CT molecular complexity index is 1800. The van der Waals surface area contributed by atoms with Crippen LogP contribution in [-0.2, 0) is 19.6 Å². The molecule has 1 aliphatic rings. The molecule has 1 saturated carbocycles. The van der Waals surface area contributed by atoms with Crippen molar-refractivity contribution in [2.24, 2.45) is 5.92 Å². The third-order valence-electron chi connectivity index (χ3n) is 8.37. The van der Waals surface area contributed by atoms with Crippen LogP contribution < -0.4 is 10.2 Å². The second-order valence-corrected chi connectivity index (χ2v) is 12.4. The number of carbonyl (C=O) groups is 1. The molecule has 5 nitrogen and oxygen atoms in total. The molecular weight excluding hydrogens is 559 g/mol. The minimum absolute atomic E-state index is 0.0903. The number of hydrogen-bond donors (Lipinski definition) is 0. The van der Waals surface area contributed by atoms with Gasteiger partial charge < -0.3 is 9.30 Å². The number of pyridine rings is 1. The van der Waals surface area contributed by atoms with Gasteiger partial charge in [0.15, 0.2) is 5.78 Å². The number of nitrogens with zero attached hydrogens (tertiary/aromatic N) is 2. The van der Waals surface area contributed by atoms with Crippen molar-refractivity contribution in [2.45, 2.75) is 45.3 Å². The zero-order chi connectivity index (χ0) is 29.9. The number of rotatable bonds is 10. The second-order valence-electron chi connectivity index (χ2n) is 11.4. The van der Waals surface area contributed by atoms with Crippen LogP contribution in [0.2, 0.25) is 0 Å². The lowest BCUT2D eigenvalue weighted by molar-refractivity contribution is 0.0921. The summed E-state index contributed by atoms with van der Waals surface area (Å²) in [6.07, 6.45) is 5.28. The Balaban J connectivity index is 1.55. The van der Waals surface area contributed by atoms with Crippen molar-refractivity contribution >= 4 is 27.3 Å². The van der Waals surface area contributed by atoms with Crippen molar-refractivity contribution in [3.63, 3.8) is 0 Å². The predicted octanol–water partition coefficient (Wildman–Crippen LogP) is 7.93. The monoisotopic (exact) mass is 594 g/mol. The molecule has 0 bridgehead atoms. The summed E-state index contributed by atoms with van der Waals surface area (Å²) < 4.78 is 22.2. The van der Waals surface area contributed by atoms with Crippen molar-refractivity contribution in [3.05, 3.63) is 123 Å². The number of halogens is 1. The van der Waals surface area contributed by atoms with Crippen molar-refractivity contribution < 1.29 is 13.9 Å². The lowest BCUT2D eigenvalue weighted by atomic mass is 9.95. The highest BCUT2D eigenvalue weighted by atomic mass is 32.1. The lowest BCUT2D eigenvalue weighted by Crippen LogP contribution is -2.24. The van der Waals surface area contributed by atoms with E-state index in [1.165, 1.54) is 23.0 Å². The van der Waals surface area contributed by atoms with Crippen LogP contribution >= 0.6 is 11.3 Å². The first-order chi connectivity index (χ1) is 20.9. The Hall–Kier alpha value is -4.07. The molecule has 0 N–H and O–H groups in total. The summed E-state index contributed by atoms with van der Waals surface area (Å²) in [6.45, 7) is 1.42. The first kappa shape index (κ1) is 29.0. The summed E-state index contributed by atoms with van der Waals surface area (Å²) in [5.41, 5.74) is 3.51. The third kappa shape index (κ3) is 6.05. The van der Waals surface area contributed by atoms with Gasteiger partial charge in [-0.2, -0.15) is 0 Å². The molecule has 0 atom stereocenters. The Morgan fingerprint density at radius 3 is 2.37 bits per heavy atom. The second kappa shape index (κ2) is 12.7. The van der Waals surface area contributed by atoms with Crippen LogP contribution in [0.5, 0.6) is 5.75 Å². The van der Waals surface area contributed by atoms with Gasteiger partial charge in [0, 0.05) is 35.6 Å². The molecule has 0 aliphatic heterocycles. The average molecular weight is 595 g/mol. The molecular formula is C36H35FN2O3S. The number of aromatic nitrogens is 1. The Labute approximate surface area is 255 Å². The lowest BCUT2D eigenvalue weighted by Gasteiger charge is -2.18. The van der Waals surface area contributed by atoms with Gasteiger partial charge in [0.2, 0.25) is 5.43 Å². The molecule has 220 valence electrons. The number of Topliss-reactive ketones (excluding diaryl/α,β-unsaturated/α-hetero) is 1. The zero-order valence-electron chi connectivity index (χ0n) is 24.5. The molecule has 1 fully saturated rings. The van der Waals surface area contributed by atoms with E-state index in [0.717, 1.165) is 52.3 Å². The summed E-state index contributed by atoms with van der Waals surface area (Å²) in [7, 11) is 3.68.